The van der Waals surface area contributed by atoms with E-state index in [1.807, 2.05) is 35.2 Å². The normalized spacial score (nSPS) is 30.7. The van der Waals surface area contributed by atoms with E-state index in [2.05, 4.69) is 91.1 Å². The summed E-state index contributed by atoms with van der Waals surface area (Å²) < 4.78 is 6.46. The molecule has 2 aromatic carbocycles. The van der Waals surface area contributed by atoms with Gasteiger partial charge in [0.1, 0.15) is 0 Å². The summed E-state index contributed by atoms with van der Waals surface area (Å²) >= 11 is 0. The zero-order chi connectivity index (χ0) is 30.0. The molecule has 2 aromatic rings. The lowest BCUT2D eigenvalue weighted by Crippen LogP contribution is -2.48. The Morgan fingerprint density at radius 2 is 1.75 bits per heavy atom. The van der Waals surface area contributed by atoms with Crippen molar-refractivity contribution in [2.24, 2.45) is 17.8 Å². The second kappa shape index (κ2) is 9.08. The third-order valence-electron chi connectivity index (χ3n) is 12.3. The SMILES string of the molecule is CC(C)(O)C(C)(C)O[B]C1=CCCC2C1c1ccccc1C21C2=CC3=C4C(=CC=CC4C2C2=C1C=CCC2)c1ccccc13. The molecule has 5 unspecified atom stereocenters. The Morgan fingerprint density at radius 1 is 0.955 bits per heavy atom. The van der Waals surface area contributed by atoms with Gasteiger partial charge in [0.15, 0.2) is 0 Å². The second-order valence-electron chi connectivity index (χ2n) is 14.9. The molecule has 0 aromatic heterocycles. The Balaban J connectivity index is 1.25. The summed E-state index contributed by atoms with van der Waals surface area (Å²) in [5.74, 6) is 1.44. The maximum atomic E-state index is 10.9. The number of hydrogen-bond acceptors (Lipinski definition) is 2. The van der Waals surface area contributed by atoms with Gasteiger partial charge in [0.25, 0.3) is 0 Å². The molecule has 0 saturated carbocycles. The van der Waals surface area contributed by atoms with Crippen molar-refractivity contribution in [2.75, 3.05) is 0 Å². The highest BCUT2D eigenvalue weighted by Crippen LogP contribution is 2.72. The van der Waals surface area contributed by atoms with E-state index in [1.54, 1.807) is 22.3 Å². The maximum Gasteiger partial charge on any atom is 0.326 e. The van der Waals surface area contributed by atoms with Gasteiger partial charge in [-0.3, -0.25) is 0 Å². The average molecular weight is 576 g/mol. The zero-order valence-electron chi connectivity index (χ0n) is 26.2. The lowest BCUT2D eigenvalue weighted by molar-refractivity contribution is -0.0898. The van der Waals surface area contributed by atoms with Crippen molar-refractivity contribution in [2.45, 2.75) is 75.9 Å². The van der Waals surface area contributed by atoms with Gasteiger partial charge in [-0.25, -0.2) is 0 Å². The monoisotopic (exact) mass is 575 g/mol. The van der Waals surface area contributed by atoms with Gasteiger partial charge in [0.05, 0.1) is 11.2 Å². The molecule has 5 atom stereocenters. The van der Waals surface area contributed by atoms with Crippen LogP contribution in [0.1, 0.15) is 81.5 Å². The van der Waals surface area contributed by atoms with Crippen LogP contribution in [0.5, 0.6) is 0 Å². The smallest absolute Gasteiger partial charge is 0.326 e. The summed E-state index contributed by atoms with van der Waals surface area (Å²) in [6, 6.07) is 18.4. The van der Waals surface area contributed by atoms with E-state index < -0.39 is 11.2 Å². The molecule has 0 saturated heterocycles. The molecule has 0 aliphatic heterocycles. The third kappa shape index (κ3) is 3.30. The van der Waals surface area contributed by atoms with E-state index >= 15 is 0 Å². The van der Waals surface area contributed by atoms with E-state index in [4.69, 9.17) is 4.65 Å². The van der Waals surface area contributed by atoms with Crippen molar-refractivity contribution in [3.63, 3.8) is 0 Å². The van der Waals surface area contributed by atoms with Crippen LogP contribution < -0.4 is 0 Å². The molecule has 7 aliphatic rings. The van der Waals surface area contributed by atoms with Crippen molar-refractivity contribution in [3.05, 3.63) is 141 Å². The molecule has 2 nitrogen and oxygen atoms in total. The van der Waals surface area contributed by atoms with Crippen LogP contribution in [0, 0.1) is 17.8 Å². The molecule has 1 N–H and O–H groups in total. The third-order valence-corrected chi connectivity index (χ3v) is 12.3. The van der Waals surface area contributed by atoms with Crippen LogP contribution in [-0.4, -0.2) is 23.8 Å². The first-order valence-corrected chi connectivity index (χ1v) is 16.6. The van der Waals surface area contributed by atoms with Crippen molar-refractivity contribution in [1.29, 1.82) is 0 Å². The van der Waals surface area contributed by atoms with Crippen molar-refractivity contribution in [3.8, 4) is 0 Å². The van der Waals surface area contributed by atoms with Crippen molar-refractivity contribution < 1.29 is 9.76 Å². The molecule has 1 spiro atoms. The summed E-state index contributed by atoms with van der Waals surface area (Å²) in [7, 11) is 1.99. The Kier molecular flexibility index (Phi) is 5.57. The summed E-state index contributed by atoms with van der Waals surface area (Å²) in [5.41, 5.74) is 14.5. The van der Waals surface area contributed by atoms with Crippen LogP contribution in [0.4, 0.5) is 0 Å². The van der Waals surface area contributed by atoms with Gasteiger partial charge in [0.2, 0.25) is 0 Å². The van der Waals surface area contributed by atoms with E-state index in [0.717, 1.165) is 25.7 Å². The highest BCUT2D eigenvalue weighted by atomic mass is 16.5. The topological polar surface area (TPSA) is 29.5 Å². The number of allylic oxidation sites excluding steroid dienone is 14. The van der Waals surface area contributed by atoms with Crippen molar-refractivity contribution >= 4 is 18.6 Å². The lowest BCUT2D eigenvalue weighted by Gasteiger charge is -2.44. The molecule has 9 rings (SSSR count). The molecule has 44 heavy (non-hydrogen) atoms. The fourth-order valence-electron chi connectivity index (χ4n) is 9.82. The highest BCUT2D eigenvalue weighted by molar-refractivity contribution is 6.39. The molecular formula is C41H40BO2. The first-order valence-electron chi connectivity index (χ1n) is 16.6. The molecule has 0 fully saturated rings. The van der Waals surface area contributed by atoms with Gasteiger partial charge < -0.3 is 9.76 Å². The summed E-state index contributed by atoms with van der Waals surface area (Å²) in [6.07, 6.45) is 21.7. The quantitative estimate of drug-likeness (QED) is 0.370. The standard InChI is InChI=1S/C41H40BO2/c1-39(2,43)40(3,4)44-42-35-22-12-21-33-38(35)28-16-8-10-20-32(28)41(33)31-19-9-7-15-27(31)37-29-18-11-17-26-24-13-5-6-14-25(24)30(36(26)29)23-34(37)41/h5-6,8-11,13-14,16-20,22-23,29,33,37-38,43H,7,12,15,21H2,1-4H3. The van der Waals surface area contributed by atoms with Crippen LogP contribution in [0.3, 0.4) is 0 Å². The molecule has 0 heterocycles. The number of benzene rings is 2. The van der Waals surface area contributed by atoms with E-state index in [-0.39, 0.29) is 11.3 Å². The first-order chi connectivity index (χ1) is 21.2. The van der Waals surface area contributed by atoms with Gasteiger partial charge in [-0.1, -0.05) is 102 Å². The predicted molar refractivity (Wildman–Crippen MR) is 180 cm³/mol. The largest absolute Gasteiger partial charge is 0.427 e. The average Bonchev–Trinajstić information content (AvgIpc) is 3.63. The Labute approximate surface area is 262 Å². The predicted octanol–water partition coefficient (Wildman–Crippen LogP) is 8.75. The number of hydrogen-bond donors (Lipinski definition) is 1. The van der Waals surface area contributed by atoms with Gasteiger partial charge in [-0.15, -0.1) is 0 Å². The minimum Gasteiger partial charge on any atom is -0.427 e. The molecule has 219 valence electrons. The molecule has 3 heteroatoms. The van der Waals surface area contributed by atoms with Crippen molar-refractivity contribution in [1.82, 2.24) is 0 Å². The van der Waals surface area contributed by atoms with Crippen LogP contribution in [0.2, 0.25) is 0 Å². The Hall–Kier alpha value is -3.40. The lowest BCUT2D eigenvalue weighted by atomic mass is 9.57. The highest BCUT2D eigenvalue weighted by Gasteiger charge is 2.63. The fourth-order valence-corrected chi connectivity index (χ4v) is 9.82. The Morgan fingerprint density at radius 3 is 2.59 bits per heavy atom. The van der Waals surface area contributed by atoms with Gasteiger partial charge in [-0.05, 0) is 109 Å². The van der Waals surface area contributed by atoms with E-state index in [1.165, 1.54) is 38.9 Å². The van der Waals surface area contributed by atoms with E-state index in [9.17, 15) is 5.11 Å². The Bertz CT molecular complexity index is 1850. The number of fused-ring (bicyclic) bond motifs is 13. The number of aliphatic hydroxyl groups is 1. The van der Waals surface area contributed by atoms with Crippen LogP contribution >= 0.6 is 0 Å². The minimum absolute atomic E-state index is 0.150. The van der Waals surface area contributed by atoms with E-state index in [0.29, 0.717) is 17.8 Å². The molecule has 0 bridgehead atoms. The maximum absolute atomic E-state index is 10.9. The molecule has 0 amide bonds. The molecular weight excluding hydrogens is 535 g/mol. The minimum atomic E-state index is -0.963. The van der Waals surface area contributed by atoms with Gasteiger partial charge >= 0.3 is 7.48 Å². The van der Waals surface area contributed by atoms with Gasteiger partial charge in [-0.2, -0.15) is 0 Å². The second-order valence-corrected chi connectivity index (χ2v) is 14.9. The van der Waals surface area contributed by atoms with Crippen LogP contribution in [0.25, 0.3) is 11.1 Å². The van der Waals surface area contributed by atoms with Crippen LogP contribution in [0.15, 0.2) is 119 Å². The summed E-state index contributed by atoms with van der Waals surface area (Å²) in [6.45, 7) is 7.64. The first kappa shape index (κ1) is 27.0. The zero-order valence-corrected chi connectivity index (χ0v) is 26.2. The van der Waals surface area contributed by atoms with Gasteiger partial charge in [0, 0.05) is 23.2 Å². The summed E-state index contributed by atoms with van der Waals surface area (Å²) in [4.78, 5) is 0. The molecule has 1 radical (unpaired) electrons. The summed E-state index contributed by atoms with van der Waals surface area (Å²) in [5, 5.41) is 10.9. The number of rotatable bonds is 4. The fraction of sp³-hybridized carbons (Fsp3) is 0.366. The molecule has 7 aliphatic carbocycles. The van der Waals surface area contributed by atoms with Crippen LogP contribution in [-0.2, 0) is 10.1 Å².